The Kier molecular flexibility index (Phi) is 3.47. The first-order valence-corrected chi connectivity index (χ1v) is 6.69. The highest BCUT2D eigenvalue weighted by molar-refractivity contribution is 5.66. The van der Waals surface area contributed by atoms with Gasteiger partial charge in [-0.2, -0.15) is 0 Å². The molecule has 0 saturated carbocycles. The zero-order valence-electron chi connectivity index (χ0n) is 11.2. The zero-order valence-corrected chi connectivity index (χ0v) is 11.2. The highest BCUT2D eigenvalue weighted by Gasteiger charge is 2.12. The van der Waals surface area contributed by atoms with Gasteiger partial charge in [0.1, 0.15) is 5.82 Å². The van der Waals surface area contributed by atoms with Crippen LogP contribution < -0.4 is 4.90 Å². The predicted molar refractivity (Wildman–Crippen MR) is 77.4 cm³/mol. The van der Waals surface area contributed by atoms with Gasteiger partial charge in [0.2, 0.25) is 0 Å². The Bertz CT molecular complexity index is 545. The number of pyridine rings is 1. The molecule has 2 heterocycles. The molecule has 3 rings (SSSR count). The van der Waals surface area contributed by atoms with Gasteiger partial charge in [-0.1, -0.05) is 29.8 Å². The summed E-state index contributed by atoms with van der Waals surface area (Å²) in [6.45, 7) is 5.52. The predicted octanol–water partition coefficient (Wildman–Crippen LogP) is 2.89. The van der Waals surface area contributed by atoms with Crippen LogP contribution in [0.4, 0.5) is 5.82 Å². The molecule has 1 aromatic heterocycles. The Morgan fingerprint density at radius 3 is 2.47 bits per heavy atom. The lowest BCUT2D eigenvalue weighted by molar-refractivity contribution is 0.122. The maximum absolute atomic E-state index is 5.38. The quantitative estimate of drug-likeness (QED) is 0.824. The fourth-order valence-corrected chi connectivity index (χ4v) is 2.31. The fourth-order valence-electron chi connectivity index (χ4n) is 2.31. The topological polar surface area (TPSA) is 25.4 Å². The van der Waals surface area contributed by atoms with Gasteiger partial charge < -0.3 is 9.64 Å². The Morgan fingerprint density at radius 2 is 1.74 bits per heavy atom. The summed E-state index contributed by atoms with van der Waals surface area (Å²) in [7, 11) is 0. The molecule has 0 bridgehead atoms. The Balaban J connectivity index is 1.88. The normalized spacial score (nSPS) is 15.5. The summed E-state index contributed by atoms with van der Waals surface area (Å²) >= 11 is 0. The van der Waals surface area contributed by atoms with Crippen LogP contribution in [-0.2, 0) is 4.74 Å². The molecule has 1 fully saturated rings. The first kappa shape index (κ1) is 12.2. The molecule has 0 radical (unpaired) electrons. The van der Waals surface area contributed by atoms with E-state index in [-0.39, 0.29) is 0 Å². The lowest BCUT2D eigenvalue weighted by Gasteiger charge is -2.28. The summed E-state index contributed by atoms with van der Waals surface area (Å²) < 4.78 is 5.38. The molecular formula is C16H18N2O. The summed E-state index contributed by atoms with van der Waals surface area (Å²) in [4.78, 5) is 6.76. The number of hydrogen-bond acceptors (Lipinski definition) is 3. The van der Waals surface area contributed by atoms with Gasteiger partial charge in [0.15, 0.2) is 0 Å². The van der Waals surface area contributed by atoms with Crippen molar-refractivity contribution in [3.05, 3.63) is 48.2 Å². The average Bonchev–Trinajstić information content (AvgIpc) is 2.49. The molecule has 0 spiro atoms. The average molecular weight is 254 g/mol. The number of aryl methyl sites for hydroxylation is 1. The van der Waals surface area contributed by atoms with E-state index < -0.39 is 0 Å². The minimum absolute atomic E-state index is 0.788. The van der Waals surface area contributed by atoms with Crippen molar-refractivity contribution in [3.63, 3.8) is 0 Å². The first-order chi connectivity index (χ1) is 9.33. The van der Waals surface area contributed by atoms with Crippen molar-refractivity contribution < 1.29 is 4.74 Å². The molecule has 3 heteroatoms. The molecule has 0 aliphatic carbocycles. The summed E-state index contributed by atoms with van der Waals surface area (Å²) in [5, 5.41) is 0. The van der Waals surface area contributed by atoms with Crippen LogP contribution in [-0.4, -0.2) is 31.3 Å². The Morgan fingerprint density at radius 1 is 1.00 bits per heavy atom. The molecule has 1 aliphatic heterocycles. The molecule has 3 nitrogen and oxygen atoms in total. The van der Waals surface area contributed by atoms with Crippen LogP contribution in [0.25, 0.3) is 11.1 Å². The number of ether oxygens (including phenoxy) is 1. The lowest BCUT2D eigenvalue weighted by atomic mass is 10.1. The maximum atomic E-state index is 5.38. The van der Waals surface area contributed by atoms with Crippen LogP contribution in [0.3, 0.4) is 0 Å². The molecule has 19 heavy (non-hydrogen) atoms. The Labute approximate surface area is 113 Å². The number of morpholine rings is 1. The highest BCUT2D eigenvalue weighted by Crippen LogP contribution is 2.23. The van der Waals surface area contributed by atoms with Gasteiger partial charge in [-0.05, 0) is 30.2 Å². The van der Waals surface area contributed by atoms with Gasteiger partial charge >= 0.3 is 0 Å². The monoisotopic (exact) mass is 254 g/mol. The van der Waals surface area contributed by atoms with Crippen LogP contribution in [0.5, 0.6) is 0 Å². The highest BCUT2D eigenvalue weighted by atomic mass is 16.5. The van der Waals surface area contributed by atoms with Gasteiger partial charge in [0, 0.05) is 19.3 Å². The smallest absolute Gasteiger partial charge is 0.129 e. The summed E-state index contributed by atoms with van der Waals surface area (Å²) in [5.41, 5.74) is 3.74. The Hall–Kier alpha value is -1.87. The third-order valence-electron chi connectivity index (χ3n) is 3.47. The fraction of sp³-hybridized carbons (Fsp3) is 0.312. The van der Waals surface area contributed by atoms with E-state index in [0.717, 1.165) is 32.1 Å². The third kappa shape index (κ3) is 2.76. The summed E-state index contributed by atoms with van der Waals surface area (Å²) in [5.74, 6) is 1.04. The molecule has 1 saturated heterocycles. The van der Waals surface area contributed by atoms with Crippen LogP contribution in [0.1, 0.15) is 5.56 Å². The standard InChI is InChI=1S/C16H18N2O/c1-13-2-4-14(5-3-13)15-6-7-17-16(12-15)18-8-10-19-11-9-18/h2-7,12H,8-11H2,1H3. The van der Waals surface area contributed by atoms with Gasteiger partial charge in [-0.3, -0.25) is 0 Å². The number of aromatic nitrogens is 1. The summed E-state index contributed by atoms with van der Waals surface area (Å²) in [6, 6.07) is 12.8. The van der Waals surface area contributed by atoms with E-state index in [1.165, 1.54) is 16.7 Å². The maximum Gasteiger partial charge on any atom is 0.129 e. The third-order valence-corrected chi connectivity index (χ3v) is 3.47. The minimum Gasteiger partial charge on any atom is -0.378 e. The molecular weight excluding hydrogens is 236 g/mol. The molecule has 98 valence electrons. The van der Waals surface area contributed by atoms with Crippen LogP contribution in [0.15, 0.2) is 42.6 Å². The van der Waals surface area contributed by atoms with Crippen molar-refractivity contribution in [2.24, 2.45) is 0 Å². The molecule has 1 aromatic carbocycles. The van der Waals surface area contributed by atoms with E-state index in [1.54, 1.807) is 0 Å². The van der Waals surface area contributed by atoms with E-state index >= 15 is 0 Å². The number of nitrogens with zero attached hydrogens (tertiary/aromatic N) is 2. The molecule has 1 aliphatic rings. The van der Waals surface area contributed by atoms with Crippen molar-refractivity contribution in [3.8, 4) is 11.1 Å². The minimum atomic E-state index is 0.788. The number of rotatable bonds is 2. The van der Waals surface area contributed by atoms with Crippen LogP contribution >= 0.6 is 0 Å². The number of hydrogen-bond donors (Lipinski definition) is 0. The van der Waals surface area contributed by atoms with E-state index in [1.807, 2.05) is 6.20 Å². The van der Waals surface area contributed by atoms with Crippen molar-refractivity contribution in [1.82, 2.24) is 4.98 Å². The van der Waals surface area contributed by atoms with Gasteiger partial charge in [-0.25, -0.2) is 4.98 Å². The molecule has 0 N–H and O–H groups in total. The van der Waals surface area contributed by atoms with E-state index in [0.29, 0.717) is 0 Å². The molecule has 0 amide bonds. The van der Waals surface area contributed by atoms with E-state index in [9.17, 15) is 0 Å². The van der Waals surface area contributed by atoms with Crippen molar-refractivity contribution >= 4 is 5.82 Å². The second kappa shape index (κ2) is 5.41. The molecule has 2 aromatic rings. The number of benzene rings is 1. The van der Waals surface area contributed by atoms with Crippen LogP contribution in [0.2, 0.25) is 0 Å². The van der Waals surface area contributed by atoms with Crippen molar-refractivity contribution in [2.75, 3.05) is 31.2 Å². The largest absolute Gasteiger partial charge is 0.378 e. The van der Waals surface area contributed by atoms with Crippen molar-refractivity contribution in [2.45, 2.75) is 6.92 Å². The first-order valence-electron chi connectivity index (χ1n) is 6.69. The van der Waals surface area contributed by atoms with Gasteiger partial charge in [0.25, 0.3) is 0 Å². The van der Waals surface area contributed by atoms with Crippen molar-refractivity contribution in [1.29, 1.82) is 0 Å². The van der Waals surface area contributed by atoms with Crippen LogP contribution in [0, 0.1) is 6.92 Å². The second-order valence-corrected chi connectivity index (χ2v) is 4.87. The van der Waals surface area contributed by atoms with Gasteiger partial charge in [0.05, 0.1) is 13.2 Å². The van der Waals surface area contributed by atoms with E-state index in [2.05, 4.69) is 53.2 Å². The molecule has 0 atom stereocenters. The SMILES string of the molecule is Cc1ccc(-c2ccnc(N3CCOCC3)c2)cc1. The number of anilines is 1. The lowest BCUT2D eigenvalue weighted by Crippen LogP contribution is -2.36. The molecule has 0 unspecified atom stereocenters. The van der Waals surface area contributed by atoms with Gasteiger partial charge in [-0.15, -0.1) is 0 Å². The van der Waals surface area contributed by atoms with E-state index in [4.69, 9.17) is 4.74 Å². The second-order valence-electron chi connectivity index (χ2n) is 4.87. The summed E-state index contributed by atoms with van der Waals surface area (Å²) in [6.07, 6.45) is 1.89. The zero-order chi connectivity index (χ0) is 13.1.